The number of halogens is 2. The fraction of sp³-hybridized carbons (Fsp3) is 0.500. The highest BCUT2D eigenvalue weighted by atomic mass is 32.2. The van der Waals surface area contributed by atoms with Gasteiger partial charge in [-0.05, 0) is 24.8 Å². The van der Waals surface area contributed by atoms with Gasteiger partial charge in [-0.3, -0.25) is 0 Å². The zero-order valence-corrected chi connectivity index (χ0v) is 12.4. The molecule has 0 spiro atoms. The third-order valence-electron chi connectivity index (χ3n) is 2.70. The zero-order valence-electron chi connectivity index (χ0n) is 10.8. The van der Waals surface area contributed by atoms with E-state index in [1.807, 2.05) is 13.2 Å². The Bertz CT molecular complexity index is 506. The van der Waals surface area contributed by atoms with Crippen LogP contribution < -0.4 is 5.32 Å². The highest BCUT2D eigenvalue weighted by Gasteiger charge is 2.28. The van der Waals surface area contributed by atoms with Gasteiger partial charge in [0.25, 0.3) is 0 Å². The molecule has 3 nitrogen and oxygen atoms in total. The molecule has 0 bridgehead atoms. The number of thioether (sulfide) groups is 1. The second kappa shape index (κ2) is 7.09. The molecular formula is C12H17F2NO2S2. The Morgan fingerprint density at radius 3 is 2.53 bits per heavy atom. The Morgan fingerprint density at radius 1 is 1.32 bits per heavy atom. The molecular weight excluding hydrogens is 292 g/mol. The molecule has 1 aromatic rings. The number of hydrogen-bond donors (Lipinski definition) is 1. The fourth-order valence-electron chi connectivity index (χ4n) is 1.48. The number of alkyl halides is 2. The molecule has 0 fully saturated rings. The lowest BCUT2D eigenvalue weighted by Gasteiger charge is -2.13. The van der Waals surface area contributed by atoms with Crippen molar-refractivity contribution in [2.75, 3.05) is 18.1 Å². The smallest absolute Gasteiger partial charge is 0.341 e. The summed E-state index contributed by atoms with van der Waals surface area (Å²) < 4.78 is 48.2. The lowest BCUT2D eigenvalue weighted by molar-refractivity contribution is 0.235. The largest absolute Gasteiger partial charge is 0.384 e. The molecule has 1 rings (SSSR count). The summed E-state index contributed by atoms with van der Waals surface area (Å²) in [6, 6.07) is 5.75. The van der Waals surface area contributed by atoms with Gasteiger partial charge in [-0.25, -0.2) is 8.42 Å². The lowest BCUT2D eigenvalue weighted by atomic mass is 10.3. The second-order valence-corrected chi connectivity index (χ2v) is 7.23. The molecule has 7 heteroatoms. The van der Waals surface area contributed by atoms with E-state index in [0.717, 1.165) is 6.42 Å². The van der Waals surface area contributed by atoms with Gasteiger partial charge in [-0.2, -0.15) is 20.5 Å². The van der Waals surface area contributed by atoms with Crippen LogP contribution in [-0.4, -0.2) is 32.2 Å². The van der Waals surface area contributed by atoms with Crippen LogP contribution in [0.1, 0.15) is 13.3 Å². The number of nitrogens with one attached hydrogen (secondary N) is 1. The number of rotatable bonds is 7. The van der Waals surface area contributed by atoms with E-state index in [1.165, 1.54) is 18.2 Å². The Morgan fingerprint density at radius 2 is 1.95 bits per heavy atom. The molecule has 19 heavy (non-hydrogen) atoms. The summed E-state index contributed by atoms with van der Waals surface area (Å²) in [5.74, 6) is -3.40. The van der Waals surface area contributed by atoms with Crippen LogP contribution in [0, 0.1) is 0 Å². The summed E-state index contributed by atoms with van der Waals surface area (Å²) in [7, 11) is -4.56. The number of para-hydroxylation sites is 1. The average Bonchev–Trinajstić information content (AvgIpc) is 2.38. The summed E-state index contributed by atoms with van der Waals surface area (Å²) >= 11 is 1.70. The maximum atomic E-state index is 12.6. The maximum absolute atomic E-state index is 12.6. The molecule has 0 radical (unpaired) electrons. The third-order valence-corrected chi connectivity index (χ3v) is 5.18. The van der Waals surface area contributed by atoms with Crippen molar-refractivity contribution < 1.29 is 17.2 Å². The van der Waals surface area contributed by atoms with E-state index in [2.05, 4.69) is 5.32 Å². The van der Waals surface area contributed by atoms with Crippen molar-refractivity contribution in [3.05, 3.63) is 24.3 Å². The van der Waals surface area contributed by atoms with Gasteiger partial charge in [0.2, 0.25) is 9.84 Å². The lowest BCUT2D eigenvalue weighted by Crippen LogP contribution is -2.15. The zero-order chi connectivity index (χ0) is 14.5. The van der Waals surface area contributed by atoms with Crippen molar-refractivity contribution >= 4 is 27.3 Å². The van der Waals surface area contributed by atoms with E-state index in [-0.39, 0.29) is 10.6 Å². The highest BCUT2D eigenvalue weighted by molar-refractivity contribution is 7.99. The van der Waals surface area contributed by atoms with E-state index in [9.17, 15) is 17.2 Å². The second-order valence-electron chi connectivity index (χ2n) is 4.06. The first kappa shape index (κ1) is 16.2. The van der Waals surface area contributed by atoms with Gasteiger partial charge in [-0.15, -0.1) is 0 Å². The first-order valence-corrected chi connectivity index (χ1v) is 8.60. The molecule has 0 amide bonds. The summed E-state index contributed by atoms with van der Waals surface area (Å²) in [4.78, 5) is -0.346. The van der Waals surface area contributed by atoms with Gasteiger partial charge in [0, 0.05) is 11.8 Å². The van der Waals surface area contributed by atoms with E-state index >= 15 is 0 Å². The van der Waals surface area contributed by atoms with E-state index in [1.54, 1.807) is 17.8 Å². The van der Waals surface area contributed by atoms with Crippen molar-refractivity contribution in [3.63, 3.8) is 0 Å². The Hall–Kier alpha value is -0.820. The standard InChI is InChI=1S/C12H17F2NO2S2/c1-9(18-2)7-8-15-10-5-3-4-6-11(10)19(16,17)12(13)14/h3-6,9,12,15H,7-8H2,1-2H3. The normalized spacial score (nSPS) is 13.5. The van der Waals surface area contributed by atoms with Crippen molar-refractivity contribution in [1.29, 1.82) is 0 Å². The maximum Gasteiger partial charge on any atom is 0.341 e. The first-order valence-electron chi connectivity index (χ1n) is 5.77. The molecule has 1 N–H and O–H groups in total. The number of hydrogen-bond acceptors (Lipinski definition) is 4. The van der Waals surface area contributed by atoms with Crippen molar-refractivity contribution in [1.82, 2.24) is 0 Å². The molecule has 108 valence electrons. The summed E-state index contributed by atoms with van der Waals surface area (Å²) in [6.45, 7) is 2.59. The summed E-state index contributed by atoms with van der Waals surface area (Å²) in [5.41, 5.74) is 0.233. The van der Waals surface area contributed by atoms with E-state index in [0.29, 0.717) is 11.8 Å². The van der Waals surface area contributed by atoms with Crippen molar-refractivity contribution in [3.8, 4) is 0 Å². The topological polar surface area (TPSA) is 46.2 Å². The minimum absolute atomic E-state index is 0.233. The van der Waals surface area contributed by atoms with Crippen LogP contribution >= 0.6 is 11.8 Å². The fourth-order valence-corrected chi connectivity index (χ4v) is 2.75. The van der Waals surface area contributed by atoms with Crippen LogP contribution in [0.5, 0.6) is 0 Å². The van der Waals surface area contributed by atoms with Crippen LogP contribution in [0.4, 0.5) is 14.5 Å². The van der Waals surface area contributed by atoms with Gasteiger partial charge >= 0.3 is 5.76 Å². The molecule has 0 aliphatic rings. The Kier molecular flexibility index (Phi) is 6.06. The Labute approximate surface area is 116 Å². The molecule has 1 aromatic carbocycles. The molecule has 0 saturated carbocycles. The molecule has 1 unspecified atom stereocenters. The van der Waals surface area contributed by atoms with Gasteiger partial charge in [-0.1, -0.05) is 19.1 Å². The van der Waals surface area contributed by atoms with Crippen molar-refractivity contribution in [2.24, 2.45) is 0 Å². The predicted molar refractivity (Wildman–Crippen MR) is 75.7 cm³/mol. The van der Waals surface area contributed by atoms with Crippen LogP contribution in [0.15, 0.2) is 29.2 Å². The summed E-state index contributed by atoms with van der Waals surface area (Å²) in [5, 5.41) is 3.34. The van der Waals surface area contributed by atoms with Gasteiger partial charge < -0.3 is 5.32 Å². The molecule has 0 aliphatic carbocycles. The average molecular weight is 309 g/mol. The quantitative estimate of drug-likeness (QED) is 0.840. The van der Waals surface area contributed by atoms with Gasteiger partial charge in [0.1, 0.15) is 0 Å². The minimum Gasteiger partial charge on any atom is -0.384 e. The predicted octanol–water partition coefficient (Wildman–Crippen LogP) is 3.24. The molecule has 0 saturated heterocycles. The molecule has 0 aliphatic heterocycles. The summed E-state index contributed by atoms with van der Waals surface area (Å²) in [6.07, 6.45) is 2.81. The molecule has 1 atom stereocenters. The number of sulfone groups is 1. The Balaban J connectivity index is 2.86. The van der Waals surface area contributed by atoms with Gasteiger partial charge in [0.15, 0.2) is 0 Å². The molecule has 0 aromatic heterocycles. The van der Waals surface area contributed by atoms with E-state index < -0.39 is 15.6 Å². The van der Waals surface area contributed by atoms with Crippen LogP contribution in [0.2, 0.25) is 0 Å². The monoisotopic (exact) mass is 309 g/mol. The highest BCUT2D eigenvalue weighted by Crippen LogP contribution is 2.26. The minimum atomic E-state index is -4.56. The number of benzene rings is 1. The SMILES string of the molecule is CSC(C)CCNc1ccccc1S(=O)(=O)C(F)F. The number of anilines is 1. The van der Waals surface area contributed by atoms with Crippen LogP contribution in [-0.2, 0) is 9.84 Å². The van der Waals surface area contributed by atoms with E-state index in [4.69, 9.17) is 0 Å². The van der Waals surface area contributed by atoms with Crippen LogP contribution in [0.25, 0.3) is 0 Å². The third kappa shape index (κ3) is 4.35. The van der Waals surface area contributed by atoms with Gasteiger partial charge in [0.05, 0.1) is 10.6 Å². The first-order chi connectivity index (χ1) is 8.89. The molecule has 0 heterocycles. The van der Waals surface area contributed by atoms with Crippen LogP contribution in [0.3, 0.4) is 0 Å². The van der Waals surface area contributed by atoms with Crippen molar-refractivity contribution in [2.45, 2.75) is 29.2 Å².